The number of nitrogens with one attached hydrogen (secondary N) is 1. The minimum Gasteiger partial charge on any atom is -0.298 e. The Kier molecular flexibility index (Phi) is 4.21. The van der Waals surface area contributed by atoms with Crippen LogP contribution in [0.3, 0.4) is 0 Å². The minimum atomic E-state index is 0.169. The Labute approximate surface area is 85.5 Å². The van der Waals surface area contributed by atoms with E-state index in [1.54, 1.807) is 4.68 Å². The summed E-state index contributed by atoms with van der Waals surface area (Å²) in [7, 11) is 1.91. The average molecular weight is 191 g/mol. The van der Waals surface area contributed by atoms with Crippen molar-refractivity contribution in [3.63, 3.8) is 0 Å². The van der Waals surface area contributed by atoms with Gasteiger partial charge in [-0.3, -0.25) is 10.00 Å². The van der Waals surface area contributed by atoms with Gasteiger partial charge >= 0.3 is 0 Å². The van der Waals surface area contributed by atoms with Crippen molar-refractivity contribution in [2.45, 2.75) is 32.4 Å². The number of aromatic nitrogens is 2. The van der Waals surface area contributed by atoms with Crippen LogP contribution in [-0.2, 0) is 13.6 Å². The number of hydrogen-bond acceptors (Lipinski definition) is 2. The summed E-state index contributed by atoms with van der Waals surface area (Å²) in [6.07, 6.45) is 9.44. The van der Waals surface area contributed by atoms with Gasteiger partial charge in [0.15, 0.2) is 0 Å². The lowest BCUT2D eigenvalue weighted by molar-refractivity contribution is 0.553. The lowest BCUT2D eigenvalue weighted by Gasteiger charge is -2.09. The molecule has 0 saturated heterocycles. The molecule has 0 aromatic carbocycles. The van der Waals surface area contributed by atoms with Crippen molar-refractivity contribution in [2.75, 3.05) is 0 Å². The highest BCUT2D eigenvalue weighted by atomic mass is 15.3. The zero-order valence-electron chi connectivity index (χ0n) is 8.83. The Morgan fingerprint density at radius 1 is 1.71 bits per heavy atom. The summed E-state index contributed by atoms with van der Waals surface area (Å²) in [5, 5.41) is 7.55. The summed E-state index contributed by atoms with van der Waals surface area (Å²) in [6, 6.07) is 2.16. The molecule has 1 aromatic heterocycles. The van der Waals surface area contributed by atoms with Gasteiger partial charge in [0.05, 0.1) is 11.7 Å². The monoisotopic (exact) mass is 191 g/mol. The van der Waals surface area contributed by atoms with E-state index >= 15 is 0 Å². The Hall–Kier alpha value is -1.27. The van der Waals surface area contributed by atoms with Crippen molar-refractivity contribution in [3.8, 4) is 12.3 Å². The van der Waals surface area contributed by atoms with Gasteiger partial charge < -0.3 is 0 Å². The molecule has 76 valence electrons. The standard InChI is InChI=1S/C11H17N3/c1-4-6-10(5-2)12-9-11-7-8-14(3)13-11/h2,7-8,10,12H,4,6,9H2,1,3H3. The van der Waals surface area contributed by atoms with Crippen molar-refractivity contribution in [1.82, 2.24) is 15.1 Å². The van der Waals surface area contributed by atoms with Gasteiger partial charge in [0.2, 0.25) is 0 Å². The third-order valence-corrected chi connectivity index (χ3v) is 2.08. The van der Waals surface area contributed by atoms with Crippen LogP contribution in [0.5, 0.6) is 0 Å². The largest absolute Gasteiger partial charge is 0.298 e. The summed E-state index contributed by atoms with van der Waals surface area (Å²) < 4.78 is 1.79. The first-order valence-electron chi connectivity index (χ1n) is 4.94. The van der Waals surface area contributed by atoms with E-state index in [1.807, 2.05) is 19.3 Å². The van der Waals surface area contributed by atoms with Crippen LogP contribution in [0.1, 0.15) is 25.5 Å². The minimum absolute atomic E-state index is 0.169. The summed E-state index contributed by atoms with van der Waals surface area (Å²) in [5.41, 5.74) is 1.03. The average Bonchev–Trinajstić information content (AvgIpc) is 2.59. The molecule has 1 atom stereocenters. The Bertz CT molecular complexity index is 309. The number of hydrogen-bond donors (Lipinski definition) is 1. The van der Waals surface area contributed by atoms with Crippen LogP contribution >= 0.6 is 0 Å². The number of aryl methyl sites for hydroxylation is 1. The molecule has 1 N–H and O–H groups in total. The molecule has 0 aliphatic rings. The molecular formula is C11H17N3. The number of nitrogens with zero attached hydrogens (tertiary/aromatic N) is 2. The lowest BCUT2D eigenvalue weighted by Crippen LogP contribution is -2.26. The molecule has 0 saturated carbocycles. The van der Waals surface area contributed by atoms with E-state index in [0.717, 1.165) is 25.1 Å². The van der Waals surface area contributed by atoms with Crippen LogP contribution in [0.25, 0.3) is 0 Å². The van der Waals surface area contributed by atoms with Gasteiger partial charge in [0.1, 0.15) is 0 Å². The Balaban J connectivity index is 2.36. The van der Waals surface area contributed by atoms with Gasteiger partial charge in [-0.05, 0) is 12.5 Å². The summed E-state index contributed by atoms with van der Waals surface area (Å²) in [5.74, 6) is 2.73. The maximum absolute atomic E-state index is 5.39. The molecule has 0 aliphatic heterocycles. The van der Waals surface area contributed by atoms with Crippen LogP contribution in [0.15, 0.2) is 12.3 Å². The van der Waals surface area contributed by atoms with Crippen molar-refractivity contribution >= 4 is 0 Å². The first-order valence-corrected chi connectivity index (χ1v) is 4.94. The predicted octanol–water partition coefficient (Wildman–Crippen LogP) is 1.31. The molecule has 0 aliphatic carbocycles. The van der Waals surface area contributed by atoms with Gasteiger partial charge in [-0.15, -0.1) is 6.42 Å². The van der Waals surface area contributed by atoms with Crippen molar-refractivity contribution in [3.05, 3.63) is 18.0 Å². The summed E-state index contributed by atoms with van der Waals surface area (Å²) in [6.45, 7) is 2.88. The van der Waals surface area contributed by atoms with Crippen LogP contribution in [-0.4, -0.2) is 15.8 Å². The quantitative estimate of drug-likeness (QED) is 0.711. The predicted molar refractivity (Wildman–Crippen MR) is 57.6 cm³/mol. The highest BCUT2D eigenvalue weighted by Gasteiger charge is 2.03. The van der Waals surface area contributed by atoms with Gasteiger partial charge in [0, 0.05) is 19.8 Å². The van der Waals surface area contributed by atoms with E-state index < -0.39 is 0 Å². The van der Waals surface area contributed by atoms with Gasteiger partial charge in [0.25, 0.3) is 0 Å². The molecule has 0 radical (unpaired) electrons. The number of terminal acetylenes is 1. The highest BCUT2D eigenvalue weighted by molar-refractivity contribution is 5.02. The van der Waals surface area contributed by atoms with Crippen molar-refractivity contribution < 1.29 is 0 Å². The third kappa shape index (κ3) is 3.23. The van der Waals surface area contributed by atoms with Gasteiger partial charge in [-0.2, -0.15) is 5.10 Å². The SMILES string of the molecule is C#CC(CCC)NCc1ccn(C)n1. The smallest absolute Gasteiger partial charge is 0.0762 e. The highest BCUT2D eigenvalue weighted by Crippen LogP contribution is 1.98. The second-order valence-electron chi connectivity index (χ2n) is 3.37. The van der Waals surface area contributed by atoms with Gasteiger partial charge in [-0.1, -0.05) is 19.3 Å². The van der Waals surface area contributed by atoms with E-state index in [2.05, 4.69) is 23.3 Å². The molecule has 0 spiro atoms. The Morgan fingerprint density at radius 2 is 2.50 bits per heavy atom. The van der Waals surface area contributed by atoms with E-state index in [4.69, 9.17) is 6.42 Å². The van der Waals surface area contributed by atoms with Gasteiger partial charge in [-0.25, -0.2) is 0 Å². The zero-order valence-corrected chi connectivity index (χ0v) is 8.83. The van der Waals surface area contributed by atoms with Crippen LogP contribution in [0.2, 0.25) is 0 Å². The topological polar surface area (TPSA) is 29.9 Å². The molecule has 1 aromatic rings. The van der Waals surface area contributed by atoms with E-state index in [0.29, 0.717) is 0 Å². The molecule has 3 nitrogen and oxygen atoms in total. The molecule has 1 heterocycles. The summed E-state index contributed by atoms with van der Waals surface area (Å²) in [4.78, 5) is 0. The third-order valence-electron chi connectivity index (χ3n) is 2.08. The first kappa shape index (κ1) is 10.8. The molecule has 14 heavy (non-hydrogen) atoms. The van der Waals surface area contributed by atoms with Crippen molar-refractivity contribution in [1.29, 1.82) is 0 Å². The molecule has 0 amide bonds. The Morgan fingerprint density at radius 3 is 3.00 bits per heavy atom. The number of rotatable bonds is 5. The normalized spacial score (nSPS) is 12.4. The van der Waals surface area contributed by atoms with E-state index in [9.17, 15) is 0 Å². The maximum Gasteiger partial charge on any atom is 0.0762 e. The molecule has 3 heteroatoms. The molecule has 1 unspecified atom stereocenters. The fraction of sp³-hybridized carbons (Fsp3) is 0.545. The van der Waals surface area contributed by atoms with Crippen LogP contribution in [0.4, 0.5) is 0 Å². The second kappa shape index (κ2) is 5.46. The van der Waals surface area contributed by atoms with Crippen LogP contribution in [0, 0.1) is 12.3 Å². The first-order chi connectivity index (χ1) is 6.76. The van der Waals surface area contributed by atoms with E-state index in [-0.39, 0.29) is 6.04 Å². The fourth-order valence-corrected chi connectivity index (χ4v) is 1.32. The molecule has 0 fully saturated rings. The summed E-state index contributed by atoms with van der Waals surface area (Å²) >= 11 is 0. The fourth-order valence-electron chi connectivity index (χ4n) is 1.32. The molecule has 1 rings (SSSR count). The van der Waals surface area contributed by atoms with Crippen molar-refractivity contribution in [2.24, 2.45) is 7.05 Å². The molecule has 0 bridgehead atoms. The molecular weight excluding hydrogens is 174 g/mol. The van der Waals surface area contributed by atoms with Crippen LogP contribution < -0.4 is 5.32 Å². The van der Waals surface area contributed by atoms with E-state index in [1.165, 1.54) is 0 Å². The second-order valence-corrected chi connectivity index (χ2v) is 3.37. The maximum atomic E-state index is 5.39. The lowest BCUT2D eigenvalue weighted by atomic mass is 10.2. The zero-order chi connectivity index (χ0) is 10.4.